The molecule has 0 aliphatic heterocycles. The summed E-state index contributed by atoms with van der Waals surface area (Å²) in [5.74, 6) is 0. The molecule has 1 aromatic carbocycles. The summed E-state index contributed by atoms with van der Waals surface area (Å²) in [7, 11) is 3.62. The Labute approximate surface area is 113 Å². The van der Waals surface area contributed by atoms with Gasteiger partial charge in [0.25, 0.3) is 0 Å². The zero-order valence-electron chi connectivity index (χ0n) is 10.1. The van der Waals surface area contributed by atoms with Crippen LogP contribution in [0.3, 0.4) is 0 Å². The fraction of sp³-hybridized carbons (Fsp3) is 0.417. The lowest BCUT2D eigenvalue weighted by Gasteiger charge is -2.21. The molecule has 94 valence electrons. The Morgan fingerprint density at radius 3 is 2.65 bits per heavy atom. The number of methoxy groups -OCH3 is 1. The second kappa shape index (κ2) is 7.48. The van der Waals surface area contributed by atoms with E-state index < -0.39 is 0 Å². The number of hydrogen-bond donors (Lipinski definition) is 1. The molecular formula is C12H17ClN2OS. The third-order valence-electron chi connectivity index (χ3n) is 2.26. The number of nitrogens with one attached hydrogen (secondary N) is 1. The molecule has 0 unspecified atom stereocenters. The highest BCUT2D eigenvalue weighted by atomic mass is 35.5. The van der Waals surface area contributed by atoms with E-state index in [0.29, 0.717) is 6.61 Å². The summed E-state index contributed by atoms with van der Waals surface area (Å²) in [4.78, 5) is 1.98. The van der Waals surface area contributed by atoms with Crippen LogP contribution in [0.1, 0.15) is 5.56 Å². The van der Waals surface area contributed by atoms with Gasteiger partial charge in [-0.3, -0.25) is 0 Å². The first-order chi connectivity index (χ1) is 8.13. The molecule has 1 aromatic rings. The quantitative estimate of drug-likeness (QED) is 0.657. The largest absolute Gasteiger partial charge is 0.383 e. The van der Waals surface area contributed by atoms with Crippen molar-refractivity contribution in [3.8, 4) is 0 Å². The van der Waals surface area contributed by atoms with Crippen molar-refractivity contribution in [3.05, 3.63) is 34.9 Å². The maximum absolute atomic E-state index is 5.83. The van der Waals surface area contributed by atoms with Crippen molar-refractivity contribution in [2.75, 3.05) is 27.3 Å². The highest BCUT2D eigenvalue weighted by Crippen LogP contribution is 2.10. The van der Waals surface area contributed by atoms with Crippen molar-refractivity contribution in [1.29, 1.82) is 0 Å². The molecule has 0 bridgehead atoms. The monoisotopic (exact) mass is 272 g/mol. The molecule has 0 radical (unpaired) electrons. The van der Waals surface area contributed by atoms with E-state index in [1.165, 1.54) is 5.56 Å². The van der Waals surface area contributed by atoms with Gasteiger partial charge < -0.3 is 15.0 Å². The van der Waals surface area contributed by atoms with Crippen molar-refractivity contribution >= 4 is 28.9 Å². The zero-order chi connectivity index (χ0) is 12.7. The van der Waals surface area contributed by atoms with Crippen LogP contribution in [0.4, 0.5) is 0 Å². The molecule has 0 heterocycles. The van der Waals surface area contributed by atoms with Gasteiger partial charge in [0.15, 0.2) is 5.11 Å². The van der Waals surface area contributed by atoms with Crippen LogP contribution < -0.4 is 5.32 Å². The predicted molar refractivity (Wildman–Crippen MR) is 75.4 cm³/mol. The van der Waals surface area contributed by atoms with Crippen molar-refractivity contribution < 1.29 is 4.74 Å². The van der Waals surface area contributed by atoms with E-state index in [1.54, 1.807) is 7.11 Å². The second-order valence-electron chi connectivity index (χ2n) is 3.71. The Hall–Kier alpha value is -0.840. The highest BCUT2D eigenvalue weighted by molar-refractivity contribution is 7.80. The highest BCUT2D eigenvalue weighted by Gasteiger charge is 2.04. The van der Waals surface area contributed by atoms with Gasteiger partial charge in [0.05, 0.1) is 6.61 Å². The van der Waals surface area contributed by atoms with E-state index in [9.17, 15) is 0 Å². The molecule has 0 fully saturated rings. The van der Waals surface area contributed by atoms with Gasteiger partial charge in [-0.2, -0.15) is 0 Å². The van der Waals surface area contributed by atoms with E-state index in [4.69, 9.17) is 28.6 Å². The van der Waals surface area contributed by atoms with Crippen LogP contribution in [-0.4, -0.2) is 37.3 Å². The molecule has 0 amide bonds. The Bertz CT molecular complexity index is 356. The normalized spacial score (nSPS) is 10.1. The first kappa shape index (κ1) is 14.2. The van der Waals surface area contributed by atoms with E-state index in [2.05, 4.69) is 5.32 Å². The molecule has 3 nitrogen and oxygen atoms in total. The summed E-state index contributed by atoms with van der Waals surface area (Å²) in [6, 6.07) is 7.76. The first-order valence-corrected chi connectivity index (χ1v) is 6.14. The molecule has 0 aliphatic rings. The molecule has 0 saturated carbocycles. The lowest BCUT2D eigenvalue weighted by Crippen LogP contribution is -2.38. The van der Waals surface area contributed by atoms with E-state index in [-0.39, 0.29) is 0 Å². The lowest BCUT2D eigenvalue weighted by atomic mass is 10.2. The summed E-state index contributed by atoms with van der Waals surface area (Å²) in [6.07, 6.45) is 0. The average Bonchev–Trinajstić information content (AvgIpc) is 2.32. The Morgan fingerprint density at radius 1 is 1.41 bits per heavy atom. The van der Waals surface area contributed by atoms with Crippen LogP contribution in [0.25, 0.3) is 0 Å². The third-order valence-corrected chi connectivity index (χ3v) is 2.97. The molecule has 0 saturated heterocycles. The van der Waals surface area contributed by atoms with Crippen molar-refractivity contribution in [2.24, 2.45) is 0 Å². The van der Waals surface area contributed by atoms with Crippen molar-refractivity contribution in [2.45, 2.75) is 6.54 Å². The third kappa shape index (κ3) is 5.35. The summed E-state index contributed by atoms with van der Waals surface area (Å²) in [5.41, 5.74) is 1.17. The number of halogens is 1. The average molecular weight is 273 g/mol. The summed E-state index contributed by atoms with van der Waals surface area (Å²) >= 11 is 11.1. The van der Waals surface area contributed by atoms with Crippen LogP contribution in [0.15, 0.2) is 24.3 Å². The molecule has 1 N–H and O–H groups in total. The number of nitrogens with zero attached hydrogens (tertiary/aromatic N) is 1. The fourth-order valence-corrected chi connectivity index (χ4v) is 1.62. The van der Waals surface area contributed by atoms with Crippen LogP contribution in [-0.2, 0) is 11.3 Å². The van der Waals surface area contributed by atoms with Gasteiger partial charge in [-0.05, 0) is 29.9 Å². The SMILES string of the molecule is COCCNC(=S)N(C)Cc1ccc(Cl)cc1. The molecule has 0 atom stereocenters. The van der Waals surface area contributed by atoms with Gasteiger partial charge in [-0.1, -0.05) is 23.7 Å². The number of thiocarbonyl (C=S) groups is 1. The van der Waals surface area contributed by atoms with E-state index in [0.717, 1.165) is 23.2 Å². The molecule has 5 heteroatoms. The maximum Gasteiger partial charge on any atom is 0.169 e. The Morgan fingerprint density at radius 2 is 2.06 bits per heavy atom. The van der Waals surface area contributed by atoms with Crippen molar-refractivity contribution in [1.82, 2.24) is 10.2 Å². The number of benzene rings is 1. The number of hydrogen-bond acceptors (Lipinski definition) is 2. The Balaban J connectivity index is 2.40. The molecular weight excluding hydrogens is 256 g/mol. The molecule has 17 heavy (non-hydrogen) atoms. The number of ether oxygens (including phenoxy) is 1. The van der Waals surface area contributed by atoms with E-state index >= 15 is 0 Å². The minimum Gasteiger partial charge on any atom is -0.383 e. The van der Waals surface area contributed by atoms with Gasteiger partial charge in [-0.15, -0.1) is 0 Å². The standard InChI is InChI=1S/C12H17ClN2OS/c1-15(12(17)14-7-8-16-2)9-10-3-5-11(13)6-4-10/h3-6H,7-9H2,1-2H3,(H,14,17). The van der Waals surface area contributed by atoms with Gasteiger partial charge in [-0.25, -0.2) is 0 Å². The second-order valence-corrected chi connectivity index (χ2v) is 4.53. The summed E-state index contributed by atoms with van der Waals surface area (Å²) < 4.78 is 4.95. The first-order valence-electron chi connectivity index (χ1n) is 5.36. The minimum atomic E-state index is 0.648. The van der Waals surface area contributed by atoms with Gasteiger partial charge in [0.1, 0.15) is 0 Å². The van der Waals surface area contributed by atoms with Crippen molar-refractivity contribution in [3.63, 3.8) is 0 Å². The van der Waals surface area contributed by atoms with Crippen LogP contribution >= 0.6 is 23.8 Å². The van der Waals surface area contributed by atoms with Gasteiger partial charge in [0, 0.05) is 32.3 Å². The fourth-order valence-electron chi connectivity index (χ4n) is 1.33. The zero-order valence-corrected chi connectivity index (χ0v) is 11.6. The smallest absolute Gasteiger partial charge is 0.169 e. The molecule has 1 rings (SSSR count). The minimum absolute atomic E-state index is 0.648. The van der Waals surface area contributed by atoms with Gasteiger partial charge >= 0.3 is 0 Å². The van der Waals surface area contributed by atoms with Crippen LogP contribution in [0.5, 0.6) is 0 Å². The van der Waals surface area contributed by atoms with Gasteiger partial charge in [0.2, 0.25) is 0 Å². The lowest BCUT2D eigenvalue weighted by molar-refractivity contribution is 0.203. The Kier molecular flexibility index (Phi) is 6.26. The molecule has 0 spiro atoms. The number of rotatable bonds is 5. The molecule has 0 aliphatic carbocycles. The predicted octanol–water partition coefficient (Wildman–Crippen LogP) is 2.29. The summed E-state index contributed by atoms with van der Waals surface area (Å²) in [5, 5.41) is 4.59. The maximum atomic E-state index is 5.83. The van der Waals surface area contributed by atoms with Crippen LogP contribution in [0, 0.1) is 0 Å². The molecule has 0 aromatic heterocycles. The van der Waals surface area contributed by atoms with E-state index in [1.807, 2.05) is 36.2 Å². The van der Waals surface area contributed by atoms with Crippen LogP contribution in [0.2, 0.25) is 5.02 Å². The summed E-state index contributed by atoms with van der Waals surface area (Å²) in [6.45, 7) is 2.13. The topological polar surface area (TPSA) is 24.5 Å².